The van der Waals surface area contributed by atoms with Gasteiger partial charge in [0.2, 0.25) is 0 Å². The monoisotopic (exact) mass is 258 g/mol. The van der Waals surface area contributed by atoms with Crippen LogP contribution in [0.15, 0.2) is 0 Å². The second-order valence-electron chi connectivity index (χ2n) is 6.44. The van der Waals surface area contributed by atoms with Crippen LogP contribution in [0.3, 0.4) is 0 Å². The zero-order chi connectivity index (χ0) is 13.8. The predicted molar refractivity (Wildman–Crippen MR) is 78.7 cm³/mol. The average molecular weight is 258 g/mol. The molecule has 18 heavy (non-hydrogen) atoms. The van der Waals surface area contributed by atoms with Gasteiger partial charge in [-0.25, -0.2) is 4.89 Å². The molecule has 0 aliphatic rings. The Morgan fingerprint density at radius 1 is 0.722 bits per heavy atom. The van der Waals surface area contributed by atoms with Crippen molar-refractivity contribution in [1.29, 1.82) is 0 Å². The molecule has 2 atom stereocenters. The third kappa shape index (κ3) is 12.4. The smallest absolute Gasteiger partial charge is 0.0819 e. The van der Waals surface area contributed by atoms with Crippen LogP contribution in [0.25, 0.3) is 0 Å². The summed E-state index contributed by atoms with van der Waals surface area (Å²) in [5.74, 6) is 2.51. The third-order valence-electron chi connectivity index (χ3n) is 3.80. The van der Waals surface area contributed by atoms with Gasteiger partial charge >= 0.3 is 0 Å². The van der Waals surface area contributed by atoms with Gasteiger partial charge in [-0.1, -0.05) is 66.2 Å². The van der Waals surface area contributed by atoms with Crippen molar-refractivity contribution in [3.63, 3.8) is 0 Å². The van der Waals surface area contributed by atoms with Gasteiger partial charge in [0.1, 0.15) is 0 Å². The lowest BCUT2D eigenvalue weighted by molar-refractivity contribution is -0.243. The summed E-state index contributed by atoms with van der Waals surface area (Å²) in [7, 11) is 0. The van der Waals surface area contributed by atoms with Crippen LogP contribution in [0.4, 0.5) is 0 Å². The summed E-state index contributed by atoms with van der Waals surface area (Å²) in [5.41, 5.74) is 0. The van der Waals surface area contributed by atoms with Crippen LogP contribution in [0, 0.1) is 17.8 Å². The highest BCUT2D eigenvalue weighted by atomic mass is 17.1. The van der Waals surface area contributed by atoms with Crippen molar-refractivity contribution >= 4 is 0 Å². The van der Waals surface area contributed by atoms with Crippen LogP contribution < -0.4 is 0 Å². The van der Waals surface area contributed by atoms with E-state index in [2.05, 4.69) is 32.6 Å². The van der Waals surface area contributed by atoms with Crippen molar-refractivity contribution in [2.45, 2.75) is 79.1 Å². The molecule has 0 bridgehead atoms. The molecule has 0 heterocycles. The minimum atomic E-state index is 0.482. The first-order valence-electron chi connectivity index (χ1n) is 7.82. The molecule has 110 valence electrons. The molecule has 0 saturated heterocycles. The molecule has 0 saturated carbocycles. The Bertz CT molecular complexity index is 168. The van der Waals surface area contributed by atoms with Gasteiger partial charge in [0, 0.05) is 0 Å². The normalized spacial score (nSPS) is 15.0. The molecule has 0 aromatic heterocycles. The Morgan fingerprint density at radius 3 is 1.61 bits per heavy atom. The maximum absolute atomic E-state index is 8.25. The van der Waals surface area contributed by atoms with Crippen molar-refractivity contribution in [3.8, 4) is 0 Å². The molecule has 0 aromatic rings. The summed E-state index contributed by atoms with van der Waals surface area (Å²) >= 11 is 0. The molecule has 2 unspecified atom stereocenters. The van der Waals surface area contributed by atoms with E-state index in [4.69, 9.17) is 5.26 Å². The summed E-state index contributed by atoms with van der Waals surface area (Å²) in [4.78, 5) is 4.10. The molecule has 0 rings (SSSR count). The Kier molecular flexibility index (Phi) is 11.9. The second kappa shape index (κ2) is 12.0. The van der Waals surface area contributed by atoms with E-state index in [0.717, 1.165) is 24.2 Å². The SMILES string of the molecule is CC(C)CCCC(C)CCCC(C)CCCOO. The molecule has 0 spiro atoms. The maximum Gasteiger partial charge on any atom is 0.0819 e. The van der Waals surface area contributed by atoms with E-state index >= 15 is 0 Å². The van der Waals surface area contributed by atoms with Gasteiger partial charge in [0.15, 0.2) is 0 Å². The Balaban J connectivity index is 3.35. The molecule has 0 aliphatic carbocycles. The van der Waals surface area contributed by atoms with Gasteiger partial charge in [-0.2, -0.15) is 0 Å². The van der Waals surface area contributed by atoms with Crippen LogP contribution in [0.2, 0.25) is 0 Å². The Hall–Kier alpha value is -0.0800. The molecule has 2 nitrogen and oxygen atoms in total. The molecular weight excluding hydrogens is 224 g/mol. The van der Waals surface area contributed by atoms with E-state index in [1.807, 2.05) is 0 Å². The van der Waals surface area contributed by atoms with Crippen molar-refractivity contribution in [2.24, 2.45) is 17.8 Å². The number of rotatable bonds is 12. The van der Waals surface area contributed by atoms with Crippen molar-refractivity contribution in [1.82, 2.24) is 0 Å². The highest BCUT2D eigenvalue weighted by Gasteiger charge is 2.06. The van der Waals surface area contributed by atoms with Crippen molar-refractivity contribution in [2.75, 3.05) is 6.61 Å². The van der Waals surface area contributed by atoms with Crippen LogP contribution in [-0.2, 0) is 4.89 Å². The summed E-state index contributed by atoms with van der Waals surface area (Å²) in [5, 5.41) is 8.25. The standard InChI is InChI=1S/C16H34O2/c1-14(2)8-5-9-15(3)10-6-11-16(4)12-7-13-18-17/h14-17H,5-13H2,1-4H3. The first kappa shape index (κ1) is 17.9. The number of hydrogen-bond acceptors (Lipinski definition) is 2. The Labute approximate surface area is 114 Å². The van der Waals surface area contributed by atoms with Crippen LogP contribution in [-0.4, -0.2) is 11.9 Å². The minimum Gasteiger partial charge on any atom is -0.252 e. The lowest BCUT2D eigenvalue weighted by Gasteiger charge is -2.14. The summed E-state index contributed by atoms with van der Waals surface area (Å²) in [6.07, 6.45) is 10.3. The van der Waals surface area contributed by atoms with Gasteiger partial charge in [0.05, 0.1) is 6.61 Å². The largest absolute Gasteiger partial charge is 0.252 e. The van der Waals surface area contributed by atoms with Crippen LogP contribution >= 0.6 is 0 Å². The lowest BCUT2D eigenvalue weighted by atomic mass is 9.92. The molecule has 0 fully saturated rings. The maximum atomic E-state index is 8.25. The van der Waals surface area contributed by atoms with Crippen molar-refractivity contribution in [3.05, 3.63) is 0 Å². The minimum absolute atomic E-state index is 0.482. The molecule has 1 N–H and O–H groups in total. The average Bonchev–Trinajstić information content (AvgIpc) is 2.29. The highest BCUT2D eigenvalue weighted by molar-refractivity contribution is 4.59. The third-order valence-corrected chi connectivity index (χ3v) is 3.80. The van der Waals surface area contributed by atoms with Gasteiger partial charge in [-0.3, -0.25) is 5.26 Å². The predicted octanol–water partition coefficient (Wildman–Crippen LogP) is 5.53. The van der Waals surface area contributed by atoms with Gasteiger partial charge < -0.3 is 0 Å². The zero-order valence-electron chi connectivity index (χ0n) is 13.0. The molecule has 2 heteroatoms. The first-order valence-corrected chi connectivity index (χ1v) is 7.82. The quantitative estimate of drug-likeness (QED) is 0.283. The van der Waals surface area contributed by atoms with E-state index < -0.39 is 0 Å². The fraction of sp³-hybridized carbons (Fsp3) is 1.00. The summed E-state index contributed by atoms with van der Waals surface area (Å²) in [6, 6.07) is 0. The van der Waals surface area contributed by atoms with E-state index in [1.165, 1.54) is 44.9 Å². The lowest BCUT2D eigenvalue weighted by Crippen LogP contribution is -2.01. The Morgan fingerprint density at radius 2 is 1.17 bits per heavy atom. The van der Waals surface area contributed by atoms with E-state index in [-0.39, 0.29) is 0 Å². The topological polar surface area (TPSA) is 29.5 Å². The first-order chi connectivity index (χ1) is 8.56. The van der Waals surface area contributed by atoms with E-state index in [0.29, 0.717) is 6.61 Å². The van der Waals surface area contributed by atoms with Gasteiger partial charge in [0.25, 0.3) is 0 Å². The fourth-order valence-electron chi connectivity index (χ4n) is 2.47. The van der Waals surface area contributed by atoms with Crippen LogP contribution in [0.5, 0.6) is 0 Å². The molecule has 0 radical (unpaired) electrons. The van der Waals surface area contributed by atoms with Crippen LogP contribution in [0.1, 0.15) is 79.1 Å². The fourth-order valence-corrected chi connectivity index (χ4v) is 2.47. The van der Waals surface area contributed by atoms with Gasteiger partial charge in [-0.05, 0) is 30.6 Å². The van der Waals surface area contributed by atoms with Crippen molar-refractivity contribution < 1.29 is 10.1 Å². The molecular formula is C16H34O2. The summed E-state index contributed by atoms with van der Waals surface area (Å²) in [6.45, 7) is 9.80. The molecule has 0 amide bonds. The second-order valence-corrected chi connectivity index (χ2v) is 6.44. The highest BCUT2D eigenvalue weighted by Crippen LogP contribution is 2.20. The van der Waals surface area contributed by atoms with Gasteiger partial charge in [-0.15, -0.1) is 0 Å². The van der Waals surface area contributed by atoms with E-state index in [9.17, 15) is 0 Å². The summed E-state index contributed by atoms with van der Waals surface area (Å²) < 4.78 is 0. The number of hydrogen-bond donors (Lipinski definition) is 1. The molecule has 0 aliphatic heterocycles. The zero-order valence-corrected chi connectivity index (χ0v) is 13.0. The molecule has 0 aromatic carbocycles. The van der Waals surface area contributed by atoms with E-state index in [1.54, 1.807) is 0 Å².